The summed E-state index contributed by atoms with van der Waals surface area (Å²) in [6, 6.07) is 18.4. The molecule has 0 aliphatic carbocycles. The van der Waals surface area contributed by atoms with Gasteiger partial charge in [0.25, 0.3) is 0 Å². The Hall–Kier alpha value is -3.41. The second kappa shape index (κ2) is 9.68. The van der Waals surface area contributed by atoms with E-state index in [4.69, 9.17) is 0 Å². The number of hydrogen-bond donors (Lipinski definition) is 3. The molecule has 0 saturated carbocycles. The zero-order chi connectivity index (χ0) is 20.6. The molecular formula is C23H24FN3O2. The molecule has 3 amide bonds. The third-order valence-corrected chi connectivity index (χ3v) is 4.58. The second-order valence-corrected chi connectivity index (χ2v) is 6.85. The summed E-state index contributed by atoms with van der Waals surface area (Å²) in [5, 5.41) is 10.4. The Bertz CT molecular complexity index is 989. The molecule has 0 aliphatic heterocycles. The van der Waals surface area contributed by atoms with Gasteiger partial charge in [-0.05, 0) is 47.0 Å². The largest absolute Gasteiger partial charge is 0.334 e. The van der Waals surface area contributed by atoms with Crippen LogP contribution in [0.2, 0.25) is 0 Å². The smallest absolute Gasteiger partial charge is 0.315 e. The Morgan fingerprint density at radius 1 is 0.966 bits per heavy atom. The molecule has 150 valence electrons. The van der Waals surface area contributed by atoms with Crippen LogP contribution in [0.5, 0.6) is 0 Å². The highest BCUT2D eigenvalue weighted by Gasteiger charge is 2.20. The molecule has 0 spiro atoms. The minimum absolute atomic E-state index is 0.247. The Labute approximate surface area is 169 Å². The van der Waals surface area contributed by atoms with E-state index < -0.39 is 12.1 Å². The zero-order valence-electron chi connectivity index (χ0n) is 16.2. The van der Waals surface area contributed by atoms with E-state index in [0.29, 0.717) is 12.1 Å². The summed E-state index contributed by atoms with van der Waals surface area (Å²) in [5.74, 6) is -0.592. The summed E-state index contributed by atoms with van der Waals surface area (Å²) in [5.41, 5.74) is 1.46. The van der Waals surface area contributed by atoms with E-state index in [-0.39, 0.29) is 18.3 Å². The molecule has 5 nitrogen and oxygen atoms in total. The molecule has 0 bridgehead atoms. The van der Waals surface area contributed by atoms with Crippen molar-refractivity contribution in [3.8, 4) is 0 Å². The third-order valence-electron chi connectivity index (χ3n) is 4.58. The van der Waals surface area contributed by atoms with Gasteiger partial charge in [-0.1, -0.05) is 55.8 Å². The average Bonchev–Trinajstić information content (AvgIpc) is 2.73. The van der Waals surface area contributed by atoms with Crippen LogP contribution in [0.25, 0.3) is 10.8 Å². The maximum Gasteiger partial charge on any atom is 0.315 e. The van der Waals surface area contributed by atoms with Crippen molar-refractivity contribution in [3.63, 3.8) is 0 Å². The summed E-state index contributed by atoms with van der Waals surface area (Å²) < 4.78 is 13.0. The number of halogens is 1. The third kappa shape index (κ3) is 5.78. The first kappa shape index (κ1) is 20.3. The van der Waals surface area contributed by atoms with Crippen molar-refractivity contribution < 1.29 is 14.0 Å². The minimum atomic E-state index is -0.653. The molecule has 3 aromatic carbocycles. The summed E-state index contributed by atoms with van der Waals surface area (Å²) in [6.07, 6.45) is 1.26. The van der Waals surface area contributed by atoms with E-state index in [9.17, 15) is 14.0 Å². The molecule has 0 aromatic heterocycles. The van der Waals surface area contributed by atoms with E-state index in [1.54, 1.807) is 12.1 Å². The number of fused-ring (bicyclic) bond motifs is 1. The van der Waals surface area contributed by atoms with Crippen molar-refractivity contribution in [2.24, 2.45) is 0 Å². The number of hydrogen-bond acceptors (Lipinski definition) is 2. The molecule has 0 saturated heterocycles. The highest BCUT2D eigenvalue weighted by molar-refractivity contribution is 5.98. The average molecular weight is 393 g/mol. The molecule has 29 heavy (non-hydrogen) atoms. The lowest BCUT2D eigenvalue weighted by Gasteiger charge is -2.18. The van der Waals surface area contributed by atoms with E-state index in [1.807, 2.05) is 49.4 Å². The first-order valence-corrected chi connectivity index (χ1v) is 9.63. The fourth-order valence-electron chi connectivity index (χ4n) is 3.05. The van der Waals surface area contributed by atoms with Crippen molar-refractivity contribution in [2.75, 3.05) is 5.32 Å². The van der Waals surface area contributed by atoms with Crippen LogP contribution < -0.4 is 16.0 Å². The molecule has 1 atom stereocenters. The maximum atomic E-state index is 13.0. The molecule has 3 aromatic rings. The van der Waals surface area contributed by atoms with Gasteiger partial charge in [0.1, 0.15) is 11.9 Å². The quantitative estimate of drug-likeness (QED) is 0.550. The number of anilines is 1. The van der Waals surface area contributed by atoms with Gasteiger partial charge in [-0.15, -0.1) is 0 Å². The first-order chi connectivity index (χ1) is 14.0. The van der Waals surface area contributed by atoms with Crippen LogP contribution >= 0.6 is 0 Å². The zero-order valence-corrected chi connectivity index (χ0v) is 16.2. The summed E-state index contributed by atoms with van der Waals surface area (Å²) >= 11 is 0. The van der Waals surface area contributed by atoms with Crippen LogP contribution in [0.15, 0.2) is 66.7 Å². The number of urea groups is 1. The lowest BCUT2D eigenvalue weighted by molar-refractivity contribution is -0.118. The van der Waals surface area contributed by atoms with E-state index in [0.717, 1.165) is 22.8 Å². The Kier molecular flexibility index (Phi) is 6.79. The molecule has 3 rings (SSSR count). The van der Waals surface area contributed by atoms with Gasteiger partial charge in [0.05, 0.1) is 0 Å². The van der Waals surface area contributed by atoms with Crippen molar-refractivity contribution in [1.29, 1.82) is 0 Å². The monoisotopic (exact) mass is 393 g/mol. The summed E-state index contributed by atoms with van der Waals surface area (Å²) in [6.45, 7) is 2.20. The molecular weight excluding hydrogens is 369 g/mol. The van der Waals surface area contributed by atoms with Crippen molar-refractivity contribution in [2.45, 2.75) is 32.4 Å². The van der Waals surface area contributed by atoms with Gasteiger partial charge in [-0.3, -0.25) is 4.79 Å². The standard InChI is InChI=1S/C23H24FN3O2/c1-2-5-21(27-23(29)25-15-16-8-11-19(24)12-9-16)22(28)26-20-13-10-17-6-3-4-7-18(17)14-20/h3-4,6-14,21H,2,5,15H2,1H3,(H,26,28)(H2,25,27,29). The topological polar surface area (TPSA) is 70.2 Å². The number of rotatable bonds is 7. The SMILES string of the molecule is CCCC(NC(=O)NCc1ccc(F)cc1)C(=O)Nc1ccc2ccccc2c1. The normalized spacial score (nSPS) is 11.7. The van der Waals surface area contributed by atoms with Gasteiger partial charge in [0.2, 0.25) is 5.91 Å². The van der Waals surface area contributed by atoms with Gasteiger partial charge in [-0.25, -0.2) is 9.18 Å². The van der Waals surface area contributed by atoms with E-state index in [1.165, 1.54) is 12.1 Å². The fourth-order valence-corrected chi connectivity index (χ4v) is 3.05. The van der Waals surface area contributed by atoms with Crippen LogP contribution in [0.1, 0.15) is 25.3 Å². The van der Waals surface area contributed by atoms with Gasteiger partial charge in [0, 0.05) is 12.2 Å². The maximum absolute atomic E-state index is 13.0. The number of nitrogens with one attached hydrogen (secondary N) is 3. The number of benzene rings is 3. The summed E-state index contributed by atoms with van der Waals surface area (Å²) in [4.78, 5) is 24.9. The molecule has 0 radical (unpaired) electrons. The predicted octanol–water partition coefficient (Wildman–Crippen LogP) is 4.59. The van der Waals surface area contributed by atoms with Crippen molar-refractivity contribution >= 4 is 28.4 Å². The van der Waals surface area contributed by atoms with Crippen LogP contribution in [0.3, 0.4) is 0 Å². The first-order valence-electron chi connectivity index (χ1n) is 9.63. The van der Waals surface area contributed by atoms with Gasteiger partial charge in [0.15, 0.2) is 0 Å². The molecule has 6 heteroatoms. The van der Waals surface area contributed by atoms with Crippen LogP contribution in [0.4, 0.5) is 14.9 Å². The number of carbonyl (C=O) groups is 2. The highest BCUT2D eigenvalue weighted by atomic mass is 19.1. The van der Waals surface area contributed by atoms with Gasteiger partial charge in [-0.2, -0.15) is 0 Å². The Morgan fingerprint density at radius 3 is 2.41 bits per heavy atom. The Balaban J connectivity index is 1.59. The Morgan fingerprint density at radius 2 is 1.69 bits per heavy atom. The second-order valence-electron chi connectivity index (χ2n) is 6.85. The molecule has 0 heterocycles. The molecule has 1 unspecified atom stereocenters. The number of amides is 3. The molecule has 0 aliphatic rings. The van der Waals surface area contributed by atoms with Gasteiger partial charge < -0.3 is 16.0 Å². The number of carbonyl (C=O) groups excluding carboxylic acids is 2. The van der Waals surface area contributed by atoms with E-state index >= 15 is 0 Å². The predicted molar refractivity (Wildman–Crippen MR) is 113 cm³/mol. The highest BCUT2D eigenvalue weighted by Crippen LogP contribution is 2.19. The van der Waals surface area contributed by atoms with Crippen LogP contribution in [0, 0.1) is 5.82 Å². The molecule has 0 fully saturated rings. The van der Waals surface area contributed by atoms with E-state index in [2.05, 4.69) is 16.0 Å². The fraction of sp³-hybridized carbons (Fsp3) is 0.217. The van der Waals surface area contributed by atoms with Gasteiger partial charge >= 0.3 is 6.03 Å². The lowest BCUT2D eigenvalue weighted by atomic mass is 10.1. The molecule has 3 N–H and O–H groups in total. The van der Waals surface area contributed by atoms with Crippen LogP contribution in [-0.2, 0) is 11.3 Å². The van der Waals surface area contributed by atoms with Crippen LogP contribution in [-0.4, -0.2) is 18.0 Å². The summed E-state index contributed by atoms with van der Waals surface area (Å²) in [7, 11) is 0. The van der Waals surface area contributed by atoms with Crippen molar-refractivity contribution in [1.82, 2.24) is 10.6 Å². The lowest BCUT2D eigenvalue weighted by Crippen LogP contribution is -2.47. The minimum Gasteiger partial charge on any atom is -0.334 e. The van der Waals surface area contributed by atoms with Crippen molar-refractivity contribution in [3.05, 3.63) is 78.1 Å².